The van der Waals surface area contributed by atoms with Crippen LogP contribution in [0.2, 0.25) is 5.02 Å². The third-order valence-electron chi connectivity index (χ3n) is 2.20. The molecule has 0 fully saturated rings. The van der Waals surface area contributed by atoms with Gasteiger partial charge in [-0.05, 0) is 40.9 Å². The second-order valence-corrected chi connectivity index (χ2v) is 4.76. The molecule has 1 aromatic rings. The van der Waals surface area contributed by atoms with Crippen LogP contribution in [0.3, 0.4) is 0 Å². The summed E-state index contributed by atoms with van der Waals surface area (Å²) in [6, 6.07) is 5.35. The first-order valence-electron chi connectivity index (χ1n) is 5.32. The number of nitrogens with one attached hydrogen (secondary N) is 1. The topological polar surface area (TPSA) is 29.1 Å². The molecule has 1 aromatic carbocycles. The van der Waals surface area contributed by atoms with Crippen LogP contribution in [0.15, 0.2) is 22.7 Å². The van der Waals surface area contributed by atoms with Crippen molar-refractivity contribution < 1.29 is 4.79 Å². The maximum Gasteiger partial charge on any atom is 0.224 e. The highest BCUT2D eigenvalue weighted by molar-refractivity contribution is 9.10. The number of hydrogen-bond donors (Lipinski definition) is 1. The third-order valence-corrected chi connectivity index (χ3v) is 3.60. The minimum atomic E-state index is -0.0232. The van der Waals surface area contributed by atoms with Gasteiger partial charge >= 0.3 is 0 Å². The first kappa shape index (κ1) is 14.1. The fourth-order valence-electron chi connectivity index (χ4n) is 1.33. The molecule has 0 spiro atoms. The summed E-state index contributed by atoms with van der Waals surface area (Å²) in [5, 5.41) is 3.38. The van der Waals surface area contributed by atoms with E-state index >= 15 is 0 Å². The first-order valence-corrected chi connectivity index (χ1v) is 6.49. The zero-order chi connectivity index (χ0) is 12.7. The molecule has 0 aromatic heterocycles. The van der Waals surface area contributed by atoms with Gasteiger partial charge in [-0.15, -0.1) is 12.3 Å². The molecule has 90 valence electrons. The molecule has 1 N–H and O–H groups in total. The highest BCUT2D eigenvalue weighted by Gasteiger charge is 2.07. The van der Waals surface area contributed by atoms with E-state index in [0.29, 0.717) is 28.0 Å². The molecule has 0 unspecified atom stereocenters. The van der Waals surface area contributed by atoms with Crippen molar-refractivity contribution in [1.29, 1.82) is 0 Å². The standard InChI is InChI=1S/C13H13BrClNO/c1-2-3-4-5-9-12(17)16-11-8-6-7-10(15)13(11)14/h1,6-8H,3-5,9H2,(H,16,17). The van der Waals surface area contributed by atoms with Gasteiger partial charge in [0.15, 0.2) is 0 Å². The van der Waals surface area contributed by atoms with Crippen LogP contribution in [0, 0.1) is 12.3 Å². The summed E-state index contributed by atoms with van der Waals surface area (Å²) in [4.78, 5) is 11.6. The van der Waals surface area contributed by atoms with E-state index < -0.39 is 0 Å². The Labute approximate surface area is 115 Å². The lowest BCUT2D eigenvalue weighted by Crippen LogP contribution is -2.11. The van der Waals surface area contributed by atoms with Crippen molar-refractivity contribution in [2.24, 2.45) is 0 Å². The summed E-state index contributed by atoms with van der Waals surface area (Å²) in [5.41, 5.74) is 0.694. The lowest BCUT2D eigenvalue weighted by Gasteiger charge is -2.07. The van der Waals surface area contributed by atoms with Gasteiger partial charge in [-0.1, -0.05) is 17.7 Å². The first-order chi connectivity index (χ1) is 8.15. The molecule has 0 heterocycles. The van der Waals surface area contributed by atoms with Gasteiger partial charge in [0, 0.05) is 12.8 Å². The van der Waals surface area contributed by atoms with E-state index in [-0.39, 0.29) is 5.91 Å². The molecule has 0 bridgehead atoms. The van der Waals surface area contributed by atoms with Crippen molar-refractivity contribution in [2.75, 3.05) is 5.32 Å². The van der Waals surface area contributed by atoms with Crippen LogP contribution in [-0.4, -0.2) is 5.91 Å². The molecule has 0 saturated carbocycles. The zero-order valence-electron chi connectivity index (χ0n) is 9.30. The minimum Gasteiger partial charge on any atom is -0.325 e. The Balaban J connectivity index is 2.46. The summed E-state index contributed by atoms with van der Waals surface area (Å²) in [5.74, 6) is 2.53. The summed E-state index contributed by atoms with van der Waals surface area (Å²) >= 11 is 9.25. The van der Waals surface area contributed by atoms with Gasteiger partial charge in [0.25, 0.3) is 0 Å². The third kappa shape index (κ3) is 4.80. The lowest BCUT2D eigenvalue weighted by molar-refractivity contribution is -0.116. The van der Waals surface area contributed by atoms with Crippen LogP contribution >= 0.6 is 27.5 Å². The predicted molar refractivity (Wildman–Crippen MR) is 75.1 cm³/mol. The van der Waals surface area contributed by atoms with Gasteiger partial charge in [-0.2, -0.15) is 0 Å². The largest absolute Gasteiger partial charge is 0.325 e. The molecule has 0 aliphatic heterocycles. The number of rotatable bonds is 5. The molecule has 4 heteroatoms. The molecule has 0 aliphatic rings. The predicted octanol–water partition coefficient (Wildman–Crippen LogP) is 4.23. The van der Waals surface area contributed by atoms with Crippen LogP contribution in [0.1, 0.15) is 25.7 Å². The number of hydrogen-bond acceptors (Lipinski definition) is 1. The Hall–Kier alpha value is -0.980. The van der Waals surface area contributed by atoms with Gasteiger partial charge < -0.3 is 5.32 Å². The van der Waals surface area contributed by atoms with Gasteiger partial charge in [0.1, 0.15) is 0 Å². The Morgan fingerprint density at radius 1 is 1.47 bits per heavy atom. The zero-order valence-corrected chi connectivity index (χ0v) is 11.6. The Bertz CT molecular complexity index is 440. The van der Waals surface area contributed by atoms with Crippen LogP contribution in [0.25, 0.3) is 0 Å². The van der Waals surface area contributed by atoms with E-state index in [1.54, 1.807) is 18.2 Å². The molecule has 1 rings (SSSR count). The number of amides is 1. The van der Waals surface area contributed by atoms with Crippen LogP contribution in [0.4, 0.5) is 5.69 Å². The molecule has 0 atom stereocenters. The number of terminal acetylenes is 1. The molecule has 1 amide bonds. The van der Waals surface area contributed by atoms with Crippen molar-refractivity contribution in [2.45, 2.75) is 25.7 Å². The fraction of sp³-hybridized carbons (Fsp3) is 0.308. The van der Waals surface area contributed by atoms with Crippen molar-refractivity contribution >= 4 is 39.1 Å². The average molecular weight is 315 g/mol. The van der Waals surface area contributed by atoms with E-state index in [0.717, 1.165) is 12.8 Å². The van der Waals surface area contributed by atoms with E-state index in [4.69, 9.17) is 18.0 Å². The molecular formula is C13H13BrClNO. The average Bonchev–Trinajstić information content (AvgIpc) is 2.31. The summed E-state index contributed by atoms with van der Waals surface area (Å²) in [7, 11) is 0. The smallest absolute Gasteiger partial charge is 0.224 e. The van der Waals surface area contributed by atoms with E-state index in [9.17, 15) is 4.79 Å². The van der Waals surface area contributed by atoms with Gasteiger partial charge in [-0.3, -0.25) is 4.79 Å². The Kier molecular flexibility index (Phi) is 6.10. The van der Waals surface area contributed by atoms with Crippen molar-refractivity contribution in [3.63, 3.8) is 0 Å². The Morgan fingerprint density at radius 3 is 2.94 bits per heavy atom. The van der Waals surface area contributed by atoms with E-state index in [1.807, 2.05) is 0 Å². The van der Waals surface area contributed by atoms with Crippen molar-refractivity contribution in [3.8, 4) is 12.3 Å². The monoisotopic (exact) mass is 313 g/mol. The summed E-state index contributed by atoms with van der Waals surface area (Å²) < 4.78 is 0.707. The number of carbonyl (C=O) groups is 1. The molecular weight excluding hydrogens is 302 g/mol. The van der Waals surface area contributed by atoms with E-state index in [1.165, 1.54) is 0 Å². The maximum absolute atomic E-state index is 11.6. The second kappa shape index (κ2) is 7.37. The molecule has 17 heavy (non-hydrogen) atoms. The fourth-order valence-corrected chi connectivity index (χ4v) is 1.86. The number of anilines is 1. The van der Waals surface area contributed by atoms with Crippen LogP contribution < -0.4 is 5.32 Å². The normalized spacial score (nSPS) is 9.71. The summed E-state index contributed by atoms with van der Waals surface area (Å²) in [6.45, 7) is 0. The highest BCUT2D eigenvalue weighted by Crippen LogP contribution is 2.30. The Morgan fingerprint density at radius 2 is 2.24 bits per heavy atom. The van der Waals surface area contributed by atoms with Crippen LogP contribution in [-0.2, 0) is 4.79 Å². The molecule has 0 radical (unpaired) electrons. The highest BCUT2D eigenvalue weighted by atomic mass is 79.9. The van der Waals surface area contributed by atoms with Crippen molar-refractivity contribution in [3.05, 3.63) is 27.7 Å². The lowest BCUT2D eigenvalue weighted by atomic mass is 10.2. The van der Waals surface area contributed by atoms with Gasteiger partial charge in [0.05, 0.1) is 15.2 Å². The molecule has 0 aliphatic carbocycles. The number of halogens is 2. The number of unbranched alkanes of at least 4 members (excludes halogenated alkanes) is 2. The van der Waals surface area contributed by atoms with E-state index in [2.05, 4.69) is 27.2 Å². The number of carbonyl (C=O) groups excluding carboxylic acids is 1. The number of benzene rings is 1. The SMILES string of the molecule is C#CCCCCC(=O)Nc1cccc(Cl)c1Br. The van der Waals surface area contributed by atoms with Crippen molar-refractivity contribution in [1.82, 2.24) is 0 Å². The molecule has 2 nitrogen and oxygen atoms in total. The quantitative estimate of drug-likeness (QED) is 0.639. The van der Waals surface area contributed by atoms with Crippen LogP contribution in [0.5, 0.6) is 0 Å². The minimum absolute atomic E-state index is 0.0232. The second-order valence-electron chi connectivity index (χ2n) is 3.56. The maximum atomic E-state index is 11.6. The molecule has 0 saturated heterocycles. The van der Waals surface area contributed by atoms with Gasteiger partial charge in [-0.25, -0.2) is 0 Å². The van der Waals surface area contributed by atoms with Gasteiger partial charge in [0.2, 0.25) is 5.91 Å². The summed E-state index contributed by atoms with van der Waals surface area (Å²) in [6.07, 6.45) is 8.00.